The Morgan fingerprint density at radius 3 is 2.69 bits per heavy atom. The fourth-order valence-corrected chi connectivity index (χ4v) is 0.937. The standard InChI is InChI=1S/C8H10FN3O/c9-7-3-5(8(13)12-11)1-2-6(7)4-10/h1-3H,4,10-11H2,(H,12,13). The number of carbonyl (C=O) groups excluding carboxylic acids is 1. The molecule has 0 fully saturated rings. The molecule has 0 aromatic heterocycles. The highest BCUT2D eigenvalue weighted by atomic mass is 19.1. The van der Waals surface area contributed by atoms with Gasteiger partial charge in [-0.3, -0.25) is 10.2 Å². The first-order chi connectivity index (χ1) is 6.19. The van der Waals surface area contributed by atoms with E-state index in [1.54, 1.807) is 0 Å². The highest BCUT2D eigenvalue weighted by Gasteiger charge is 2.06. The number of nitrogen functional groups attached to an aromatic ring is 1. The molecule has 1 aromatic carbocycles. The molecular formula is C8H10FN3O. The fraction of sp³-hybridized carbons (Fsp3) is 0.125. The first-order valence-electron chi connectivity index (χ1n) is 3.68. The largest absolute Gasteiger partial charge is 0.326 e. The second kappa shape index (κ2) is 3.97. The number of hydrogen-bond acceptors (Lipinski definition) is 3. The van der Waals surface area contributed by atoms with Gasteiger partial charge in [-0.05, 0) is 12.1 Å². The summed E-state index contributed by atoms with van der Waals surface area (Å²) in [5, 5.41) is 0. The van der Waals surface area contributed by atoms with Crippen molar-refractivity contribution in [2.24, 2.45) is 11.6 Å². The minimum absolute atomic E-state index is 0.107. The zero-order valence-electron chi connectivity index (χ0n) is 6.88. The number of nitrogens with one attached hydrogen (secondary N) is 1. The predicted octanol–water partition coefficient (Wildman–Crippen LogP) is -0.112. The van der Waals surface area contributed by atoms with E-state index in [4.69, 9.17) is 11.6 Å². The first kappa shape index (κ1) is 9.63. The highest BCUT2D eigenvalue weighted by molar-refractivity contribution is 5.93. The number of carbonyl (C=O) groups is 1. The molecule has 70 valence electrons. The smallest absolute Gasteiger partial charge is 0.265 e. The summed E-state index contributed by atoms with van der Waals surface area (Å²) < 4.78 is 13.0. The van der Waals surface area contributed by atoms with Gasteiger partial charge in [0.2, 0.25) is 0 Å². The Morgan fingerprint density at radius 1 is 1.54 bits per heavy atom. The van der Waals surface area contributed by atoms with Crippen molar-refractivity contribution >= 4 is 5.91 Å². The van der Waals surface area contributed by atoms with Gasteiger partial charge in [-0.2, -0.15) is 0 Å². The molecule has 5 heteroatoms. The van der Waals surface area contributed by atoms with Gasteiger partial charge >= 0.3 is 0 Å². The monoisotopic (exact) mass is 183 g/mol. The Kier molecular flexibility index (Phi) is 2.94. The number of rotatable bonds is 2. The van der Waals surface area contributed by atoms with Crippen LogP contribution < -0.4 is 17.0 Å². The van der Waals surface area contributed by atoms with Crippen molar-refractivity contribution in [3.63, 3.8) is 0 Å². The van der Waals surface area contributed by atoms with E-state index in [1.807, 2.05) is 5.43 Å². The first-order valence-corrected chi connectivity index (χ1v) is 3.68. The molecule has 0 aliphatic rings. The van der Waals surface area contributed by atoms with E-state index >= 15 is 0 Å². The molecule has 5 N–H and O–H groups in total. The van der Waals surface area contributed by atoms with Crippen molar-refractivity contribution in [3.05, 3.63) is 35.1 Å². The van der Waals surface area contributed by atoms with Gasteiger partial charge in [-0.15, -0.1) is 0 Å². The second-order valence-corrected chi connectivity index (χ2v) is 2.48. The SMILES string of the molecule is NCc1ccc(C(=O)NN)cc1F. The van der Waals surface area contributed by atoms with Crippen LogP contribution in [0.4, 0.5) is 4.39 Å². The third-order valence-corrected chi connectivity index (χ3v) is 1.67. The second-order valence-electron chi connectivity index (χ2n) is 2.48. The molecule has 0 aliphatic carbocycles. The number of benzene rings is 1. The molecule has 0 saturated heterocycles. The summed E-state index contributed by atoms with van der Waals surface area (Å²) in [6.07, 6.45) is 0. The molecular weight excluding hydrogens is 173 g/mol. The maximum absolute atomic E-state index is 13.0. The maximum Gasteiger partial charge on any atom is 0.265 e. The van der Waals surface area contributed by atoms with E-state index in [2.05, 4.69) is 0 Å². The molecule has 4 nitrogen and oxygen atoms in total. The molecule has 0 radical (unpaired) electrons. The van der Waals surface area contributed by atoms with Crippen LogP contribution in [-0.4, -0.2) is 5.91 Å². The number of nitrogens with two attached hydrogens (primary N) is 2. The summed E-state index contributed by atoms with van der Waals surface area (Å²) in [6, 6.07) is 4.03. The Labute approximate surface area is 74.7 Å². The van der Waals surface area contributed by atoms with Crippen LogP contribution in [-0.2, 0) is 6.54 Å². The third kappa shape index (κ3) is 2.01. The maximum atomic E-state index is 13.0. The Balaban J connectivity index is 3.02. The highest BCUT2D eigenvalue weighted by Crippen LogP contribution is 2.09. The minimum Gasteiger partial charge on any atom is -0.326 e. The van der Waals surface area contributed by atoms with Gasteiger partial charge in [-0.1, -0.05) is 6.07 Å². The summed E-state index contributed by atoms with van der Waals surface area (Å²) in [4.78, 5) is 10.9. The Hall–Kier alpha value is -1.46. The minimum atomic E-state index is -0.525. The van der Waals surface area contributed by atoms with Crippen molar-refractivity contribution in [1.29, 1.82) is 0 Å². The summed E-state index contributed by atoms with van der Waals surface area (Å²) >= 11 is 0. The van der Waals surface area contributed by atoms with Crippen LogP contribution in [0.1, 0.15) is 15.9 Å². The quantitative estimate of drug-likeness (QED) is 0.340. The lowest BCUT2D eigenvalue weighted by Gasteiger charge is -2.02. The summed E-state index contributed by atoms with van der Waals surface area (Å²) in [7, 11) is 0. The van der Waals surface area contributed by atoms with E-state index < -0.39 is 11.7 Å². The molecule has 0 heterocycles. The third-order valence-electron chi connectivity index (χ3n) is 1.67. The van der Waals surface area contributed by atoms with Crippen LogP contribution in [0.5, 0.6) is 0 Å². The fourth-order valence-electron chi connectivity index (χ4n) is 0.937. The lowest BCUT2D eigenvalue weighted by molar-refractivity contribution is 0.0953. The van der Waals surface area contributed by atoms with Crippen LogP contribution in [0.15, 0.2) is 18.2 Å². The molecule has 0 unspecified atom stereocenters. The van der Waals surface area contributed by atoms with Crippen molar-refractivity contribution in [2.45, 2.75) is 6.54 Å². The van der Waals surface area contributed by atoms with E-state index in [0.717, 1.165) is 6.07 Å². The molecule has 1 aromatic rings. The predicted molar refractivity (Wildman–Crippen MR) is 45.9 cm³/mol. The van der Waals surface area contributed by atoms with Crippen molar-refractivity contribution in [1.82, 2.24) is 5.43 Å². The van der Waals surface area contributed by atoms with Gasteiger partial charge in [-0.25, -0.2) is 10.2 Å². The molecule has 13 heavy (non-hydrogen) atoms. The number of hydrazine groups is 1. The molecule has 0 saturated carbocycles. The number of hydrogen-bond donors (Lipinski definition) is 3. The normalized spacial score (nSPS) is 9.77. The average molecular weight is 183 g/mol. The number of amides is 1. The van der Waals surface area contributed by atoms with Gasteiger partial charge in [0, 0.05) is 17.7 Å². The Bertz CT molecular complexity index is 327. The van der Waals surface area contributed by atoms with Gasteiger partial charge in [0.15, 0.2) is 0 Å². The zero-order chi connectivity index (χ0) is 9.84. The van der Waals surface area contributed by atoms with Gasteiger partial charge in [0.05, 0.1) is 0 Å². The average Bonchev–Trinajstić information content (AvgIpc) is 2.16. The van der Waals surface area contributed by atoms with Crippen molar-refractivity contribution < 1.29 is 9.18 Å². The summed E-state index contributed by atoms with van der Waals surface area (Å²) in [5.74, 6) is 3.86. The van der Waals surface area contributed by atoms with Crippen LogP contribution in [0, 0.1) is 5.82 Å². The van der Waals surface area contributed by atoms with Gasteiger partial charge in [0.25, 0.3) is 5.91 Å². The molecule has 0 aliphatic heterocycles. The van der Waals surface area contributed by atoms with Crippen LogP contribution in [0.3, 0.4) is 0 Å². The van der Waals surface area contributed by atoms with Gasteiger partial charge in [0.1, 0.15) is 5.82 Å². The lowest BCUT2D eigenvalue weighted by atomic mass is 10.1. The Morgan fingerprint density at radius 2 is 2.23 bits per heavy atom. The van der Waals surface area contributed by atoms with Crippen LogP contribution >= 0.6 is 0 Å². The van der Waals surface area contributed by atoms with E-state index in [9.17, 15) is 9.18 Å². The van der Waals surface area contributed by atoms with Crippen LogP contribution in [0.25, 0.3) is 0 Å². The zero-order valence-corrected chi connectivity index (χ0v) is 6.88. The summed E-state index contributed by atoms with van der Waals surface area (Å²) in [5.41, 5.74) is 7.70. The van der Waals surface area contributed by atoms with E-state index in [-0.39, 0.29) is 12.1 Å². The topological polar surface area (TPSA) is 81.1 Å². The van der Waals surface area contributed by atoms with E-state index in [1.165, 1.54) is 12.1 Å². The number of halogens is 1. The van der Waals surface area contributed by atoms with Gasteiger partial charge < -0.3 is 5.73 Å². The van der Waals surface area contributed by atoms with Crippen LogP contribution in [0.2, 0.25) is 0 Å². The van der Waals surface area contributed by atoms with E-state index in [0.29, 0.717) is 5.56 Å². The molecule has 0 atom stereocenters. The lowest BCUT2D eigenvalue weighted by Crippen LogP contribution is -2.30. The molecule has 0 spiro atoms. The molecule has 1 amide bonds. The van der Waals surface area contributed by atoms with Crippen molar-refractivity contribution in [2.75, 3.05) is 0 Å². The molecule has 1 rings (SSSR count). The van der Waals surface area contributed by atoms with Crippen molar-refractivity contribution in [3.8, 4) is 0 Å². The molecule has 0 bridgehead atoms. The summed E-state index contributed by atoms with van der Waals surface area (Å²) in [6.45, 7) is 0.107.